The van der Waals surface area contributed by atoms with Crippen molar-refractivity contribution in [3.05, 3.63) is 77.6 Å². The van der Waals surface area contributed by atoms with Crippen molar-refractivity contribution in [1.29, 1.82) is 5.26 Å². The Morgan fingerprint density at radius 3 is 2.67 bits per heavy atom. The molecule has 1 N–H and O–H groups in total. The van der Waals surface area contributed by atoms with E-state index in [0.29, 0.717) is 12.1 Å². The smallest absolute Gasteiger partial charge is 0.124 e. The van der Waals surface area contributed by atoms with E-state index in [4.69, 9.17) is 5.26 Å². The largest absolute Gasteiger partial charge is 0.380 e. The zero-order valence-electron chi connectivity index (χ0n) is 11.3. The van der Waals surface area contributed by atoms with Crippen LogP contribution in [-0.4, -0.2) is 0 Å². The Labute approximate surface area is 122 Å². The first-order chi connectivity index (χ1) is 10.3. The Kier molecular flexibility index (Phi) is 3.53. The molecule has 3 rings (SSSR count). The quantitative estimate of drug-likeness (QED) is 0.766. The van der Waals surface area contributed by atoms with Crippen molar-refractivity contribution in [2.24, 2.45) is 0 Å². The molecular formula is C18H13FN2. The highest BCUT2D eigenvalue weighted by atomic mass is 19.1. The normalized spacial score (nSPS) is 10.3. The third-order valence-corrected chi connectivity index (χ3v) is 3.36. The van der Waals surface area contributed by atoms with Crippen LogP contribution in [0.5, 0.6) is 0 Å². The summed E-state index contributed by atoms with van der Waals surface area (Å²) < 4.78 is 13.4. The molecule has 2 nitrogen and oxygen atoms in total. The molecule has 0 saturated carbocycles. The summed E-state index contributed by atoms with van der Waals surface area (Å²) in [6.07, 6.45) is 0. The van der Waals surface area contributed by atoms with Gasteiger partial charge in [-0.25, -0.2) is 4.39 Å². The van der Waals surface area contributed by atoms with Gasteiger partial charge in [0.15, 0.2) is 0 Å². The summed E-state index contributed by atoms with van der Waals surface area (Å²) in [5, 5.41) is 14.5. The number of nitrogens with one attached hydrogen (secondary N) is 1. The lowest BCUT2D eigenvalue weighted by atomic mass is 10.1. The molecule has 0 atom stereocenters. The summed E-state index contributed by atoms with van der Waals surface area (Å²) in [5.74, 6) is -0.385. The average molecular weight is 276 g/mol. The second kappa shape index (κ2) is 5.64. The Bertz CT molecular complexity index is 829. The summed E-state index contributed by atoms with van der Waals surface area (Å²) in [4.78, 5) is 0. The molecule has 0 aliphatic rings. The van der Waals surface area contributed by atoms with Crippen LogP contribution in [0.3, 0.4) is 0 Å². The van der Waals surface area contributed by atoms with Gasteiger partial charge in [-0.15, -0.1) is 0 Å². The van der Waals surface area contributed by atoms with Gasteiger partial charge in [-0.1, -0.05) is 36.4 Å². The SMILES string of the molecule is N#Cc1cc(F)cc(CNc2cccc3ccccc23)c1. The number of rotatable bonds is 3. The summed E-state index contributed by atoms with van der Waals surface area (Å²) in [7, 11) is 0. The molecule has 102 valence electrons. The second-order valence-electron chi connectivity index (χ2n) is 4.84. The van der Waals surface area contributed by atoms with Gasteiger partial charge in [-0.3, -0.25) is 0 Å². The summed E-state index contributed by atoms with van der Waals surface area (Å²) in [6.45, 7) is 0.473. The highest BCUT2D eigenvalue weighted by Gasteiger charge is 2.03. The van der Waals surface area contributed by atoms with E-state index in [0.717, 1.165) is 22.0 Å². The molecule has 0 saturated heterocycles. The van der Waals surface area contributed by atoms with Crippen LogP contribution in [0.15, 0.2) is 60.7 Å². The number of hydrogen-bond donors (Lipinski definition) is 1. The molecule has 0 heterocycles. The fourth-order valence-corrected chi connectivity index (χ4v) is 2.39. The zero-order valence-corrected chi connectivity index (χ0v) is 11.3. The molecule has 0 aliphatic heterocycles. The first-order valence-corrected chi connectivity index (χ1v) is 6.67. The van der Waals surface area contributed by atoms with Gasteiger partial charge >= 0.3 is 0 Å². The van der Waals surface area contributed by atoms with E-state index < -0.39 is 0 Å². The third-order valence-electron chi connectivity index (χ3n) is 3.36. The first-order valence-electron chi connectivity index (χ1n) is 6.67. The molecule has 3 heteroatoms. The summed E-state index contributed by atoms with van der Waals surface area (Å²) in [6, 6.07) is 20.5. The number of anilines is 1. The van der Waals surface area contributed by atoms with E-state index in [2.05, 4.69) is 17.4 Å². The van der Waals surface area contributed by atoms with E-state index >= 15 is 0 Å². The highest BCUT2D eigenvalue weighted by Crippen LogP contribution is 2.23. The maximum absolute atomic E-state index is 13.4. The molecule has 3 aromatic rings. The van der Waals surface area contributed by atoms with Crippen molar-refractivity contribution in [3.63, 3.8) is 0 Å². The maximum Gasteiger partial charge on any atom is 0.124 e. The van der Waals surface area contributed by atoms with Gasteiger partial charge in [0, 0.05) is 17.6 Å². The van der Waals surface area contributed by atoms with E-state index in [1.165, 1.54) is 12.1 Å². The monoisotopic (exact) mass is 276 g/mol. The van der Waals surface area contributed by atoms with Gasteiger partial charge in [-0.05, 0) is 35.2 Å². The molecule has 21 heavy (non-hydrogen) atoms. The Hall–Kier alpha value is -2.86. The molecule has 0 unspecified atom stereocenters. The standard InChI is InChI=1S/C18H13FN2/c19-16-9-13(11-20)8-14(10-16)12-21-18-7-3-5-15-4-1-2-6-17(15)18/h1-10,21H,12H2. The van der Waals surface area contributed by atoms with Crippen molar-refractivity contribution in [2.75, 3.05) is 5.32 Å². The maximum atomic E-state index is 13.4. The fourth-order valence-electron chi connectivity index (χ4n) is 2.39. The lowest BCUT2D eigenvalue weighted by molar-refractivity contribution is 0.625. The van der Waals surface area contributed by atoms with Crippen LogP contribution in [0, 0.1) is 17.1 Å². The topological polar surface area (TPSA) is 35.8 Å². The van der Waals surface area contributed by atoms with Crippen molar-refractivity contribution in [3.8, 4) is 6.07 Å². The zero-order chi connectivity index (χ0) is 14.7. The first kappa shape index (κ1) is 13.1. The Morgan fingerprint density at radius 2 is 1.81 bits per heavy atom. The van der Waals surface area contributed by atoms with Crippen LogP contribution >= 0.6 is 0 Å². The van der Waals surface area contributed by atoms with Crippen LogP contribution in [0.4, 0.5) is 10.1 Å². The molecule has 0 aliphatic carbocycles. The van der Waals surface area contributed by atoms with Gasteiger partial charge in [0.2, 0.25) is 0 Å². The Balaban J connectivity index is 1.87. The number of nitrogens with zero attached hydrogens (tertiary/aromatic N) is 1. The number of benzene rings is 3. The predicted octanol–water partition coefficient (Wildman–Crippen LogP) is 4.46. The lowest BCUT2D eigenvalue weighted by Crippen LogP contribution is -2.01. The molecular weight excluding hydrogens is 263 g/mol. The molecule has 0 spiro atoms. The third kappa shape index (κ3) is 2.85. The van der Waals surface area contributed by atoms with E-state index in [1.54, 1.807) is 6.07 Å². The highest BCUT2D eigenvalue weighted by molar-refractivity contribution is 5.93. The van der Waals surface area contributed by atoms with Crippen LogP contribution in [0.25, 0.3) is 10.8 Å². The van der Waals surface area contributed by atoms with Crippen molar-refractivity contribution < 1.29 is 4.39 Å². The molecule has 0 aromatic heterocycles. The number of hydrogen-bond acceptors (Lipinski definition) is 2. The van der Waals surface area contributed by atoms with Gasteiger partial charge < -0.3 is 5.32 Å². The van der Waals surface area contributed by atoms with Gasteiger partial charge in [-0.2, -0.15) is 5.26 Å². The van der Waals surface area contributed by atoms with Crippen LogP contribution in [0.2, 0.25) is 0 Å². The summed E-state index contributed by atoms with van der Waals surface area (Å²) in [5.41, 5.74) is 2.08. The average Bonchev–Trinajstić information content (AvgIpc) is 2.52. The van der Waals surface area contributed by atoms with E-state index in [-0.39, 0.29) is 5.82 Å². The van der Waals surface area contributed by atoms with Gasteiger partial charge in [0.25, 0.3) is 0 Å². The minimum Gasteiger partial charge on any atom is -0.380 e. The van der Waals surface area contributed by atoms with Crippen LogP contribution in [-0.2, 0) is 6.54 Å². The molecule has 0 radical (unpaired) electrons. The predicted molar refractivity (Wildman–Crippen MR) is 82.4 cm³/mol. The van der Waals surface area contributed by atoms with Gasteiger partial charge in [0.05, 0.1) is 11.6 Å². The lowest BCUT2D eigenvalue weighted by Gasteiger charge is -2.10. The number of fused-ring (bicyclic) bond motifs is 1. The molecule has 0 amide bonds. The van der Waals surface area contributed by atoms with E-state index in [9.17, 15) is 4.39 Å². The Morgan fingerprint density at radius 1 is 1.00 bits per heavy atom. The number of nitriles is 1. The van der Waals surface area contributed by atoms with E-state index in [1.807, 2.05) is 36.4 Å². The molecule has 0 fully saturated rings. The summed E-state index contributed by atoms with van der Waals surface area (Å²) >= 11 is 0. The van der Waals surface area contributed by atoms with Crippen molar-refractivity contribution in [1.82, 2.24) is 0 Å². The van der Waals surface area contributed by atoms with Crippen molar-refractivity contribution in [2.45, 2.75) is 6.54 Å². The fraction of sp³-hybridized carbons (Fsp3) is 0.0556. The second-order valence-corrected chi connectivity index (χ2v) is 4.84. The van der Waals surface area contributed by atoms with Crippen molar-refractivity contribution >= 4 is 16.5 Å². The van der Waals surface area contributed by atoms with Crippen LogP contribution < -0.4 is 5.32 Å². The van der Waals surface area contributed by atoms with Gasteiger partial charge in [0.1, 0.15) is 5.82 Å². The number of halogens is 1. The minimum atomic E-state index is -0.385. The van der Waals surface area contributed by atoms with Crippen LogP contribution in [0.1, 0.15) is 11.1 Å². The minimum absolute atomic E-state index is 0.338. The molecule has 3 aromatic carbocycles. The molecule has 0 bridgehead atoms.